The van der Waals surface area contributed by atoms with Crippen molar-refractivity contribution in [1.29, 1.82) is 0 Å². The van der Waals surface area contributed by atoms with E-state index < -0.39 is 0 Å². The van der Waals surface area contributed by atoms with Crippen LogP contribution in [-0.2, 0) is 11.2 Å². The standard InChI is InChI=1S/C15H23BrN2O/c1-12(2)8-17-10-15(5-6-19-11-15)7-14-4-3-13(16)9-18-14/h3-4,9,12,17H,5-8,10-11H2,1-2H3. The molecule has 1 fully saturated rings. The molecular weight excluding hydrogens is 304 g/mol. The number of hydrogen-bond donors (Lipinski definition) is 1. The van der Waals surface area contributed by atoms with Gasteiger partial charge in [-0.3, -0.25) is 4.98 Å². The lowest BCUT2D eigenvalue weighted by molar-refractivity contribution is 0.148. The van der Waals surface area contributed by atoms with E-state index in [-0.39, 0.29) is 5.41 Å². The third kappa shape index (κ3) is 4.55. The lowest BCUT2D eigenvalue weighted by Gasteiger charge is -2.28. The molecule has 1 aromatic rings. The van der Waals surface area contributed by atoms with Gasteiger partial charge in [0, 0.05) is 34.9 Å². The van der Waals surface area contributed by atoms with E-state index in [1.165, 1.54) is 0 Å². The van der Waals surface area contributed by atoms with Crippen molar-refractivity contribution in [3.63, 3.8) is 0 Å². The number of hydrogen-bond acceptors (Lipinski definition) is 3. The van der Waals surface area contributed by atoms with E-state index in [0.29, 0.717) is 5.92 Å². The quantitative estimate of drug-likeness (QED) is 0.872. The SMILES string of the molecule is CC(C)CNCC1(Cc2ccc(Br)cn2)CCOC1. The van der Waals surface area contributed by atoms with Gasteiger partial charge in [0.25, 0.3) is 0 Å². The summed E-state index contributed by atoms with van der Waals surface area (Å²) < 4.78 is 6.67. The minimum atomic E-state index is 0.218. The Morgan fingerprint density at radius 1 is 1.47 bits per heavy atom. The molecule has 1 unspecified atom stereocenters. The number of aromatic nitrogens is 1. The molecule has 0 aliphatic carbocycles. The van der Waals surface area contributed by atoms with E-state index in [0.717, 1.165) is 49.3 Å². The predicted octanol–water partition coefficient (Wildman–Crippen LogP) is 3.04. The predicted molar refractivity (Wildman–Crippen MR) is 81.2 cm³/mol. The van der Waals surface area contributed by atoms with Gasteiger partial charge in [-0.15, -0.1) is 0 Å². The molecule has 0 spiro atoms. The fourth-order valence-electron chi connectivity index (χ4n) is 2.51. The Labute approximate surface area is 124 Å². The van der Waals surface area contributed by atoms with E-state index >= 15 is 0 Å². The topological polar surface area (TPSA) is 34.2 Å². The molecule has 1 aliphatic rings. The fourth-order valence-corrected chi connectivity index (χ4v) is 2.75. The Balaban J connectivity index is 1.96. The van der Waals surface area contributed by atoms with Crippen LogP contribution in [0.2, 0.25) is 0 Å². The van der Waals surface area contributed by atoms with Crippen molar-refractivity contribution < 1.29 is 4.74 Å². The normalized spacial score (nSPS) is 23.2. The smallest absolute Gasteiger partial charge is 0.0539 e. The molecule has 1 saturated heterocycles. The summed E-state index contributed by atoms with van der Waals surface area (Å²) >= 11 is 3.43. The number of nitrogens with zero attached hydrogens (tertiary/aromatic N) is 1. The van der Waals surface area contributed by atoms with Gasteiger partial charge in [-0.1, -0.05) is 13.8 Å². The van der Waals surface area contributed by atoms with Gasteiger partial charge in [-0.25, -0.2) is 0 Å². The molecule has 4 heteroatoms. The molecule has 1 aliphatic heterocycles. The van der Waals surface area contributed by atoms with Gasteiger partial charge in [-0.05, 0) is 53.4 Å². The van der Waals surface area contributed by atoms with E-state index in [4.69, 9.17) is 4.74 Å². The minimum Gasteiger partial charge on any atom is -0.381 e. The first kappa shape index (κ1) is 14.9. The highest BCUT2D eigenvalue weighted by molar-refractivity contribution is 9.10. The third-order valence-electron chi connectivity index (χ3n) is 3.58. The second-order valence-electron chi connectivity index (χ2n) is 5.97. The minimum absolute atomic E-state index is 0.218. The summed E-state index contributed by atoms with van der Waals surface area (Å²) in [5.41, 5.74) is 1.37. The Morgan fingerprint density at radius 3 is 2.89 bits per heavy atom. The van der Waals surface area contributed by atoms with Gasteiger partial charge in [0.1, 0.15) is 0 Å². The average molecular weight is 327 g/mol. The van der Waals surface area contributed by atoms with Crippen LogP contribution in [0, 0.1) is 11.3 Å². The van der Waals surface area contributed by atoms with E-state index in [1.54, 1.807) is 0 Å². The molecule has 2 rings (SSSR count). The maximum atomic E-state index is 5.64. The van der Waals surface area contributed by atoms with E-state index in [1.807, 2.05) is 6.20 Å². The number of rotatable bonds is 6. The van der Waals surface area contributed by atoms with Crippen LogP contribution in [0.3, 0.4) is 0 Å². The number of halogens is 1. The summed E-state index contributed by atoms with van der Waals surface area (Å²) in [4.78, 5) is 4.50. The van der Waals surface area contributed by atoms with Gasteiger partial charge >= 0.3 is 0 Å². The van der Waals surface area contributed by atoms with Crippen molar-refractivity contribution in [3.05, 3.63) is 28.5 Å². The van der Waals surface area contributed by atoms with Crippen LogP contribution in [-0.4, -0.2) is 31.3 Å². The first-order valence-electron chi connectivity index (χ1n) is 6.99. The lowest BCUT2D eigenvalue weighted by Crippen LogP contribution is -2.38. The summed E-state index contributed by atoms with van der Waals surface area (Å²) in [5, 5.41) is 3.58. The maximum absolute atomic E-state index is 5.64. The molecule has 0 radical (unpaired) electrons. The molecule has 106 valence electrons. The Hall–Kier alpha value is -0.450. The highest BCUT2D eigenvalue weighted by Crippen LogP contribution is 2.31. The van der Waals surface area contributed by atoms with Gasteiger partial charge < -0.3 is 10.1 Å². The van der Waals surface area contributed by atoms with Crippen LogP contribution >= 0.6 is 15.9 Å². The van der Waals surface area contributed by atoms with Crippen molar-refractivity contribution in [2.75, 3.05) is 26.3 Å². The summed E-state index contributed by atoms with van der Waals surface area (Å²) in [6, 6.07) is 4.17. The zero-order chi connectivity index (χ0) is 13.7. The van der Waals surface area contributed by atoms with Crippen LogP contribution in [0.15, 0.2) is 22.8 Å². The van der Waals surface area contributed by atoms with Gasteiger partial charge in [-0.2, -0.15) is 0 Å². The third-order valence-corrected chi connectivity index (χ3v) is 4.05. The van der Waals surface area contributed by atoms with Crippen LogP contribution in [0.4, 0.5) is 0 Å². The number of pyridine rings is 1. The molecule has 1 atom stereocenters. The van der Waals surface area contributed by atoms with Crippen molar-refractivity contribution in [2.24, 2.45) is 11.3 Å². The first-order valence-corrected chi connectivity index (χ1v) is 7.78. The van der Waals surface area contributed by atoms with Crippen molar-refractivity contribution in [3.8, 4) is 0 Å². The van der Waals surface area contributed by atoms with Crippen LogP contribution in [0.5, 0.6) is 0 Å². The van der Waals surface area contributed by atoms with E-state index in [9.17, 15) is 0 Å². The van der Waals surface area contributed by atoms with E-state index in [2.05, 4.69) is 52.2 Å². The molecule has 0 amide bonds. The first-order chi connectivity index (χ1) is 9.10. The molecule has 0 saturated carbocycles. The van der Waals surface area contributed by atoms with Crippen molar-refractivity contribution >= 4 is 15.9 Å². The molecule has 2 heterocycles. The monoisotopic (exact) mass is 326 g/mol. The zero-order valence-electron chi connectivity index (χ0n) is 11.8. The Morgan fingerprint density at radius 2 is 2.32 bits per heavy atom. The molecule has 3 nitrogen and oxygen atoms in total. The molecule has 1 aromatic heterocycles. The fraction of sp³-hybridized carbons (Fsp3) is 0.667. The molecule has 19 heavy (non-hydrogen) atoms. The average Bonchev–Trinajstić information content (AvgIpc) is 2.81. The molecule has 0 aromatic carbocycles. The summed E-state index contributed by atoms with van der Waals surface area (Å²) in [6.45, 7) is 8.27. The summed E-state index contributed by atoms with van der Waals surface area (Å²) in [7, 11) is 0. The van der Waals surface area contributed by atoms with Crippen LogP contribution in [0.1, 0.15) is 26.0 Å². The molecule has 0 bridgehead atoms. The molecule has 1 N–H and O–H groups in total. The number of nitrogens with one attached hydrogen (secondary N) is 1. The lowest BCUT2D eigenvalue weighted by atomic mass is 9.82. The van der Waals surface area contributed by atoms with Gasteiger partial charge in [0.2, 0.25) is 0 Å². The van der Waals surface area contributed by atoms with Crippen molar-refractivity contribution in [1.82, 2.24) is 10.3 Å². The Bertz CT molecular complexity index is 386. The van der Waals surface area contributed by atoms with Crippen LogP contribution in [0.25, 0.3) is 0 Å². The summed E-state index contributed by atoms with van der Waals surface area (Å²) in [6.07, 6.45) is 3.99. The largest absolute Gasteiger partial charge is 0.381 e. The van der Waals surface area contributed by atoms with Gasteiger partial charge in [0.15, 0.2) is 0 Å². The maximum Gasteiger partial charge on any atom is 0.0539 e. The second kappa shape index (κ2) is 6.82. The Kier molecular flexibility index (Phi) is 5.37. The van der Waals surface area contributed by atoms with Crippen molar-refractivity contribution in [2.45, 2.75) is 26.7 Å². The highest BCUT2D eigenvalue weighted by atomic mass is 79.9. The highest BCUT2D eigenvalue weighted by Gasteiger charge is 2.35. The molecular formula is C15H23BrN2O. The number of ether oxygens (including phenoxy) is 1. The van der Waals surface area contributed by atoms with Crippen LogP contribution < -0.4 is 5.32 Å². The second-order valence-corrected chi connectivity index (χ2v) is 6.89. The zero-order valence-corrected chi connectivity index (χ0v) is 13.4. The summed E-state index contributed by atoms with van der Waals surface area (Å²) in [5.74, 6) is 0.685. The van der Waals surface area contributed by atoms with Gasteiger partial charge in [0.05, 0.1) is 6.61 Å².